The summed E-state index contributed by atoms with van der Waals surface area (Å²) in [6.45, 7) is 7.36. The van der Waals surface area contributed by atoms with Crippen LogP contribution in [-0.2, 0) is 0 Å². The molecule has 14 heavy (non-hydrogen) atoms. The van der Waals surface area contributed by atoms with Crippen LogP contribution in [-0.4, -0.2) is 49.1 Å². The summed E-state index contributed by atoms with van der Waals surface area (Å²) in [6, 6.07) is 2.34. The molecular formula is C11H21N3. The Labute approximate surface area is 87.3 Å². The van der Waals surface area contributed by atoms with Gasteiger partial charge in [-0.05, 0) is 46.8 Å². The molecule has 1 heterocycles. The Balaban J connectivity index is 2.42. The Morgan fingerprint density at radius 1 is 1.57 bits per heavy atom. The van der Waals surface area contributed by atoms with E-state index in [1.807, 2.05) is 20.9 Å². The average Bonchev–Trinajstić information content (AvgIpc) is 2.51. The van der Waals surface area contributed by atoms with Gasteiger partial charge in [-0.3, -0.25) is 4.90 Å². The van der Waals surface area contributed by atoms with E-state index in [1.165, 1.54) is 19.5 Å². The van der Waals surface area contributed by atoms with Crippen molar-refractivity contribution >= 4 is 0 Å². The number of nitrogens with zero attached hydrogens (tertiary/aromatic N) is 3. The summed E-state index contributed by atoms with van der Waals surface area (Å²) >= 11 is 0. The van der Waals surface area contributed by atoms with Gasteiger partial charge in [0.25, 0.3) is 0 Å². The SMILES string of the molecule is CN1CCC(CN(C)C(C)(C)C#N)C1. The molecule has 1 rings (SSSR count). The molecule has 1 unspecified atom stereocenters. The molecule has 0 spiro atoms. The average molecular weight is 195 g/mol. The summed E-state index contributed by atoms with van der Waals surface area (Å²) in [5.41, 5.74) is -0.332. The van der Waals surface area contributed by atoms with Crippen LogP contribution < -0.4 is 0 Å². The van der Waals surface area contributed by atoms with Crippen LogP contribution in [0.4, 0.5) is 0 Å². The molecule has 0 radical (unpaired) electrons. The van der Waals surface area contributed by atoms with Crippen molar-refractivity contribution in [2.24, 2.45) is 5.92 Å². The van der Waals surface area contributed by atoms with Crippen molar-refractivity contribution in [3.63, 3.8) is 0 Å². The summed E-state index contributed by atoms with van der Waals surface area (Å²) in [7, 11) is 4.21. The Morgan fingerprint density at radius 2 is 2.21 bits per heavy atom. The third-order valence-electron chi connectivity index (χ3n) is 3.25. The number of hydrogen-bond acceptors (Lipinski definition) is 3. The van der Waals surface area contributed by atoms with Gasteiger partial charge in [-0.25, -0.2) is 0 Å². The standard InChI is InChI=1S/C11H21N3/c1-11(2,9-12)14(4)8-10-5-6-13(3)7-10/h10H,5-8H2,1-4H3. The van der Waals surface area contributed by atoms with Gasteiger partial charge >= 0.3 is 0 Å². The third-order valence-corrected chi connectivity index (χ3v) is 3.25. The first-order valence-electron chi connectivity index (χ1n) is 5.27. The highest BCUT2D eigenvalue weighted by molar-refractivity contribution is 5.01. The van der Waals surface area contributed by atoms with Crippen LogP contribution in [0.1, 0.15) is 20.3 Å². The summed E-state index contributed by atoms with van der Waals surface area (Å²) in [5.74, 6) is 0.734. The van der Waals surface area contributed by atoms with Crippen LogP contribution in [0.25, 0.3) is 0 Å². The van der Waals surface area contributed by atoms with Gasteiger partial charge in [0.1, 0.15) is 5.54 Å². The summed E-state index contributed by atoms with van der Waals surface area (Å²) in [5, 5.41) is 8.99. The molecule has 1 fully saturated rings. The number of nitriles is 1. The monoisotopic (exact) mass is 195 g/mol. The molecule has 0 N–H and O–H groups in total. The molecule has 0 bridgehead atoms. The predicted octanol–water partition coefficient (Wildman–Crippen LogP) is 1.17. The van der Waals surface area contributed by atoms with Crippen LogP contribution in [0, 0.1) is 17.2 Å². The lowest BCUT2D eigenvalue weighted by molar-refractivity contribution is 0.180. The fraction of sp³-hybridized carbons (Fsp3) is 0.909. The Bertz CT molecular complexity index is 229. The summed E-state index contributed by atoms with van der Waals surface area (Å²) in [6.07, 6.45) is 1.27. The molecule has 0 amide bonds. The van der Waals surface area contributed by atoms with Gasteiger partial charge < -0.3 is 4.90 Å². The topological polar surface area (TPSA) is 30.3 Å². The van der Waals surface area contributed by atoms with E-state index in [0.717, 1.165) is 12.5 Å². The minimum absolute atomic E-state index is 0.332. The van der Waals surface area contributed by atoms with E-state index in [2.05, 4.69) is 22.9 Å². The van der Waals surface area contributed by atoms with Crippen molar-refractivity contribution in [3.8, 4) is 6.07 Å². The van der Waals surface area contributed by atoms with Crippen LogP contribution in [0.5, 0.6) is 0 Å². The maximum Gasteiger partial charge on any atom is 0.103 e. The normalized spacial score (nSPS) is 24.1. The lowest BCUT2D eigenvalue weighted by atomic mass is 10.0. The van der Waals surface area contributed by atoms with Crippen molar-refractivity contribution in [1.82, 2.24) is 9.80 Å². The van der Waals surface area contributed by atoms with Gasteiger partial charge in [0.15, 0.2) is 0 Å². The minimum Gasteiger partial charge on any atom is -0.306 e. The quantitative estimate of drug-likeness (QED) is 0.677. The van der Waals surface area contributed by atoms with Gasteiger partial charge in [-0.15, -0.1) is 0 Å². The van der Waals surface area contributed by atoms with Gasteiger partial charge in [0.05, 0.1) is 6.07 Å². The molecule has 1 aliphatic heterocycles. The van der Waals surface area contributed by atoms with Gasteiger partial charge in [-0.2, -0.15) is 5.26 Å². The van der Waals surface area contributed by atoms with Gasteiger partial charge in [0.2, 0.25) is 0 Å². The Hall–Kier alpha value is -0.590. The van der Waals surface area contributed by atoms with Crippen molar-refractivity contribution < 1.29 is 0 Å². The van der Waals surface area contributed by atoms with Crippen LogP contribution in [0.15, 0.2) is 0 Å². The zero-order chi connectivity index (χ0) is 10.8. The van der Waals surface area contributed by atoms with E-state index in [0.29, 0.717) is 0 Å². The van der Waals surface area contributed by atoms with E-state index >= 15 is 0 Å². The lowest BCUT2D eigenvalue weighted by Crippen LogP contribution is -2.42. The van der Waals surface area contributed by atoms with Crippen molar-refractivity contribution in [1.29, 1.82) is 5.26 Å². The first kappa shape index (κ1) is 11.5. The molecule has 3 nitrogen and oxygen atoms in total. The zero-order valence-corrected chi connectivity index (χ0v) is 9.75. The van der Waals surface area contributed by atoms with Crippen molar-refractivity contribution in [3.05, 3.63) is 0 Å². The smallest absolute Gasteiger partial charge is 0.103 e. The molecule has 1 aliphatic rings. The number of rotatable bonds is 3. The molecule has 0 aromatic rings. The van der Waals surface area contributed by atoms with Gasteiger partial charge in [-0.1, -0.05) is 0 Å². The maximum absolute atomic E-state index is 8.99. The molecule has 1 saturated heterocycles. The second-order valence-corrected chi connectivity index (χ2v) is 4.97. The molecule has 0 aliphatic carbocycles. The zero-order valence-electron chi connectivity index (χ0n) is 9.75. The molecule has 80 valence electrons. The van der Waals surface area contributed by atoms with E-state index in [9.17, 15) is 0 Å². The minimum atomic E-state index is -0.332. The first-order valence-corrected chi connectivity index (χ1v) is 5.27. The molecule has 0 saturated carbocycles. The largest absolute Gasteiger partial charge is 0.306 e. The van der Waals surface area contributed by atoms with Crippen molar-refractivity contribution in [2.75, 3.05) is 33.7 Å². The summed E-state index contributed by atoms with van der Waals surface area (Å²) < 4.78 is 0. The van der Waals surface area contributed by atoms with E-state index in [4.69, 9.17) is 5.26 Å². The molecule has 0 aromatic heterocycles. The van der Waals surface area contributed by atoms with E-state index in [1.54, 1.807) is 0 Å². The first-order chi connectivity index (χ1) is 6.45. The van der Waals surface area contributed by atoms with Crippen molar-refractivity contribution in [2.45, 2.75) is 25.8 Å². The Kier molecular flexibility index (Phi) is 3.52. The third kappa shape index (κ3) is 2.70. The molecule has 3 heteroatoms. The lowest BCUT2D eigenvalue weighted by Gasteiger charge is -2.31. The van der Waals surface area contributed by atoms with Gasteiger partial charge in [0, 0.05) is 13.1 Å². The number of hydrogen-bond donors (Lipinski definition) is 0. The highest BCUT2D eigenvalue weighted by atomic mass is 15.2. The predicted molar refractivity (Wildman–Crippen MR) is 57.9 cm³/mol. The maximum atomic E-state index is 8.99. The van der Waals surface area contributed by atoms with Crippen LogP contribution in [0.2, 0.25) is 0 Å². The highest BCUT2D eigenvalue weighted by Crippen LogP contribution is 2.19. The number of likely N-dealkylation sites (tertiary alicyclic amines) is 1. The molecule has 1 atom stereocenters. The van der Waals surface area contributed by atoms with Crippen LogP contribution >= 0.6 is 0 Å². The second kappa shape index (κ2) is 4.29. The van der Waals surface area contributed by atoms with Crippen LogP contribution in [0.3, 0.4) is 0 Å². The molecular weight excluding hydrogens is 174 g/mol. The fourth-order valence-corrected chi connectivity index (χ4v) is 1.88. The Morgan fingerprint density at radius 3 is 2.64 bits per heavy atom. The van der Waals surface area contributed by atoms with E-state index < -0.39 is 0 Å². The molecule has 0 aromatic carbocycles. The summed E-state index contributed by atoms with van der Waals surface area (Å²) in [4.78, 5) is 4.52. The fourth-order valence-electron chi connectivity index (χ4n) is 1.88. The van der Waals surface area contributed by atoms with E-state index in [-0.39, 0.29) is 5.54 Å². The highest BCUT2D eigenvalue weighted by Gasteiger charge is 2.27. The second-order valence-electron chi connectivity index (χ2n) is 4.97.